The van der Waals surface area contributed by atoms with E-state index in [4.69, 9.17) is 5.11 Å². The summed E-state index contributed by atoms with van der Waals surface area (Å²) in [6, 6.07) is 2.05. The topological polar surface area (TPSA) is 55.1 Å². The molecule has 2 aromatic rings. The Labute approximate surface area is 117 Å². The maximum Gasteiger partial charge on any atom is 0.303 e. The number of nitrogens with zero attached hydrogens (tertiary/aromatic N) is 2. The van der Waals surface area contributed by atoms with Gasteiger partial charge in [0.25, 0.3) is 0 Å². The molecule has 0 radical (unpaired) electrons. The van der Waals surface area contributed by atoms with E-state index < -0.39 is 5.97 Å². The van der Waals surface area contributed by atoms with Gasteiger partial charge in [-0.25, -0.2) is 0 Å². The van der Waals surface area contributed by atoms with Gasteiger partial charge in [-0.1, -0.05) is 0 Å². The number of aromatic nitrogens is 2. The van der Waals surface area contributed by atoms with E-state index in [1.165, 1.54) is 0 Å². The summed E-state index contributed by atoms with van der Waals surface area (Å²) < 4.78 is 2.88. The highest BCUT2D eigenvalue weighted by Crippen LogP contribution is 2.33. The average molecular weight is 329 g/mol. The van der Waals surface area contributed by atoms with Crippen molar-refractivity contribution in [2.75, 3.05) is 0 Å². The minimum Gasteiger partial charge on any atom is -0.481 e. The quantitative estimate of drug-likeness (QED) is 0.937. The number of thiophene rings is 1. The van der Waals surface area contributed by atoms with Crippen molar-refractivity contribution in [1.82, 2.24) is 9.78 Å². The van der Waals surface area contributed by atoms with E-state index >= 15 is 0 Å². The summed E-state index contributed by atoms with van der Waals surface area (Å²) in [5, 5.41) is 15.2. The summed E-state index contributed by atoms with van der Waals surface area (Å²) in [7, 11) is 1.89. The molecule has 2 rings (SSSR count). The standard InChI is InChI=1S/C12H13BrN2O2S/c1-7-9(3-4-11(16)17)14-15(2)12(7)10-5-8(13)6-18-10/h5-6H,3-4H2,1-2H3,(H,16,17). The maximum absolute atomic E-state index is 10.6. The van der Waals surface area contributed by atoms with Crippen LogP contribution in [0.4, 0.5) is 0 Å². The molecule has 4 nitrogen and oxygen atoms in total. The first-order valence-corrected chi connectivity index (χ1v) is 7.15. The molecule has 6 heteroatoms. The zero-order chi connectivity index (χ0) is 13.3. The van der Waals surface area contributed by atoms with Crippen LogP contribution >= 0.6 is 27.3 Å². The minimum absolute atomic E-state index is 0.116. The van der Waals surface area contributed by atoms with Crippen molar-refractivity contribution >= 4 is 33.2 Å². The SMILES string of the molecule is Cc1c(CCC(=O)O)nn(C)c1-c1cc(Br)cs1. The highest BCUT2D eigenvalue weighted by molar-refractivity contribution is 9.10. The summed E-state index contributed by atoms with van der Waals surface area (Å²) in [4.78, 5) is 11.7. The molecule has 2 aromatic heterocycles. The van der Waals surface area contributed by atoms with Gasteiger partial charge in [0.05, 0.1) is 22.7 Å². The van der Waals surface area contributed by atoms with Gasteiger partial charge in [-0.15, -0.1) is 11.3 Å². The summed E-state index contributed by atoms with van der Waals surface area (Å²) in [5.41, 5.74) is 2.98. The van der Waals surface area contributed by atoms with Crippen LogP contribution in [0.5, 0.6) is 0 Å². The molecule has 0 aliphatic rings. The lowest BCUT2D eigenvalue weighted by molar-refractivity contribution is -0.136. The Hall–Kier alpha value is -1.14. The monoisotopic (exact) mass is 328 g/mol. The molecule has 1 N–H and O–H groups in total. The Balaban J connectivity index is 2.35. The molecule has 0 unspecified atom stereocenters. The Morgan fingerprint density at radius 1 is 1.61 bits per heavy atom. The number of carboxylic acid groups (broad SMARTS) is 1. The molecule has 0 aliphatic heterocycles. The van der Waals surface area contributed by atoms with Gasteiger partial charge in [-0.05, 0) is 34.5 Å². The molecular weight excluding hydrogens is 316 g/mol. The molecule has 96 valence electrons. The summed E-state index contributed by atoms with van der Waals surface area (Å²) in [6.45, 7) is 1.99. The number of carbonyl (C=O) groups is 1. The molecule has 0 aromatic carbocycles. The van der Waals surface area contributed by atoms with Crippen LogP contribution < -0.4 is 0 Å². The third kappa shape index (κ3) is 2.64. The second-order valence-electron chi connectivity index (χ2n) is 4.07. The summed E-state index contributed by atoms with van der Waals surface area (Å²) >= 11 is 5.08. The smallest absolute Gasteiger partial charge is 0.303 e. The first-order valence-electron chi connectivity index (χ1n) is 5.47. The third-order valence-electron chi connectivity index (χ3n) is 2.76. The van der Waals surface area contributed by atoms with E-state index in [-0.39, 0.29) is 6.42 Å². The van der Waals surface area contributed by atoms with E-state index in [0.717, 1.165) is 26.3 Å². The number of hydrogen-bond donors (Lipinski definition) is 1. The van der Waals surface area contributed by atoms with Crippen LogP contribution in [-0.2, 0) is 18.3 Å². The van der Waals surface area contributed by atoms with Crippen LogP contribution in [0.2, 0.25) is 0 Å². The van der Waals surface area contributed by atoms with Crippen LogP contribution in [0, 0.1) is 6.92 Å². The molecule has 0 amide bonds. The Kier molecular flexibility index (Phi) is 3.87. The molecule has 0 spiro atoms. The van der Waals surface area contributed by atoms with Gasteiger partial charge in [0, 0.05) is 23.3 Å². The van der Waals surface area contributed by atoms with Gasteiger partial charge >= 0.3 is 5.97 Å². The average Bonchev–Trinajstić information content (AvgIpc) is 2.81. The first kappa shape index (κ1) is 13.3. The summed E-state index contributed by atoms with van der Waals surface area (Å²) in [6.07, 6.45) is 0.590. The van der Waals surface area contributed by atoms with Crippen molar-refractivity contribution in [2.45, 2.75) is 19.8 Å². The fourth-order valence-corrected chi connectivity index (χ4v) is 3.49. The van der Waals surface area contributed by atoms with Gasteiger partial charge in [0.1, 0.15) is 0 Å². The van der Waals surface area contributed by atoms with Crippen molar-refractivity contribution in [3.8, 4) is 10.6 Å². The lowest BCUT2D eigenvalue weighted by Crippen LogP contribution is -1.99. The molecule has 0 saturated carbocycles. The van der Waals surface area contributed by atoms with Crippen LogP contribution in [0.3, 0.4) is 0 Å². The molecule has 0 atom stereocenters. The maximum atomic E-state index is 10.6. The normalized spacial score (nSPS) is 10.8. The predicted octanol–water partition coefficient (Wildman–Crippen LogP) is 3.24. The molecule has 0 aliphatic carbocycles. The van der Waals surface area contributed by atoms with Crippen molar-refractivity contribution in [3.05, 3.63) is 27.2 Å². The van der Waals surface area contributed by atoms with Crippen molar-refractivity contribution in [1.29, 1.82) is 0 Å². The zero-order valence-electron chi connectivity index (χ0n) is 10.1. The molecule has 0 fully saturated rings. The zero-order valence-corrected chi connectivity index (χ0v) is 12.5. The van der Waals surface area contributed by atoms with Gasteiger partial charge in [0.2, 0.25) is 0 Å². The Morgan fingerprint density at radius 2 is 2.33 bits per heavy atom. The molecule has 0 saturated heterocycles. The van der Waals surface area contributed by atoms with E-state index in [1.54, 1.807) is 11.3 Å². The number of hydrogen-bond acceptors (Lipinski definition) is 3. The number of halogens is 1. The second kappa shape index (κ2) is 5.24. The van der Waals surface area contributed by atoms with Gasteiger partial charge in [-0.2, -0.15) is 5.10 Å². The molecule has 2 heterocycles. The van der Waals surface area contributed by atoms with Crippen LogP contribution in [-0.4, -0.2) is 20.9 Å². The van der Waals surface area contributed by atoms with Gasteiger partial charge in [0.15, 0.2) is 0 Å². The van der Waals surface area contributed by atoms with Crippen molar-refractivity contribution in [2.24, 2.45) is 7.05 Å². The number of rotatable bonds is 4. The van der Waals surface area contributed by atoms with Gasteiger partial charge in [-0.3, -0.25) is 9.48 Å². The van der Waals surface area contributed by atoms with Crippen LogP contribution in [0.15, 0.2) is 15.9 Å². The van der Waals surface area contributed by atoms with Crippen LogP contribution in [0.1, 0.15) is 17.7 Å². The van der Waals surface area contributed by atoms with E-state index in [0.29, 0.717) is 6.42 Å². The van der Waals surface area contributed by atoms with E-state index in [2.05, 4.69) is 27.1 Å². The molecule has 0 bridgehead atoms. The predicted molar refractivity (Wildman–Crippen MR) is 74.9 cm³/mol. The number of aliphatic carboxylic acids is 1. The highest BCUT2D eigenvalue weighted by atomic mass is 79.9. The Bertz CT molecular complexity index is 589. The highest BCUT2D eigenvalue weighted by Gasteiger charge is 2.16. The largest absolute Gasteiger partial charge is 0.481 e. The molecule has 18 heavy (non-hydrogen) atoms. The van der Waals surface area contributed by atoms with Crippen molar-refractivity contribution in [3.63, 3.8) is 0 Å². The fraction of sp³-hybridized carbons (Fsp3) is 0.333. The fourth-order valence-electron chi connectivity index (χ4n) is 1.93. The summed E-state index contributed by atoms with van der Waals surface area (Å²) in [5.74, 6) is -0.791. The van der Waals surface area contributed by atoms with Crippen LogP contribution in [0.25, 0.3) is 10.6 Å². The Morgan fingerprint density at radius 3 is 2.89 bits per heavy atom. The van der Waals surface area contributed by atoms with Gasteiger partial charge < -0.3 is 5.11 Å². The lowest BCUT2D eigenvalue weighted by Gasteiger charge is -1.99. The minimum atomic E-state index is -0.791. The number of carboxylic acids is 1. The van der Waals surface area contributed by atoms with E-state index in [1.807, 2.05) is 24.0 Å². The third-order valence-corrected chi connectivity index (χ3v) is 4.46. The molecular formula is C12H13BrN2O2S. The van der Waals surface area contributed by atoms with Crippen molar-refractivity contribution < 1.29 is 9.90 Å². The number of aryl methyl sites for hydroxylation is 2. The van der Waals surface area contributed by atoms with E-state index in [9.17, 15) is 4.79 Å². The second-order valence-corrected chi connectivity index (χ2v) is 5.89. The lowest BCUT2D eigenvalue weighted by atomic mass is 10.1. The first-order chi connectivity index (χ1) is 8.49.